The van der Waals surface area contributed by atoms with Crippen LogP contribution in [0.3, 0.4) is 0 Å². The molecule has 1 N–H and O–H groups in total. The Morgan fingerprint density at radius 2 is 1.45 bits per heavy atom. The van der Waals surface area contributed by atoms with Crippen molar-refractivity contribution in [2.24, 2.45) is 0 Å². The first kappa shape index (κ1) is 31.3. The quantitative estimate of drug-likeness (QED) is 0.133. The highest BCUT2D eigenvalue weighted by Gasteiger charge is 2.13. The molecule has 0 aliphatic rings. The number of benzene rings is 3. The second kappa shape index (κ2) is 17.5. The Hall–Kier alpha value is -3.18. The molecule has 3 aromatic rings. The number of nitrogens with zero attached hydrogens (tertiary/aromatic N) is 1. The van der Waals surface area contributed by atoms with Gasteiger partial charge in [0.05, 0.1) is 12.4 Å². The molecule has 0 aromatic heterocycles. The minimum atomic E-state index is 0.245. The number of carbonyl (C=O) groups is 1. The van der Waals surface area contributed by atoms with Gasteiger partial charge in [-0.05, 0) is 83.5 Å². The third-order valence-corrected chi connectivity index (χ3v) is 8.06. The van der Waals surface area contributed by atoms with Crippen LogP contribution in [0.2, 0.25) is 0 Å². The van der Waals surface area contributed by atoms with Crippen LogP contribution < -0.4 is 4.74 Å². The standard InChI is InChI=1S/C35H45NO3S/c1-4-6-24-36(3)34(38)27-40-26-13-8-7-12-25-39-32-22-18-30(19-23-32)35(29-16-20-31(37)21-17-29)33(5-2)28-14-10-9-11-15-28/h9-11,14-23,37H,4-8,12-13,24-27H2,1-3H3. The number of hydrogen-bond acceptors (Lipinski definition) is 4. The summed E-state index contributed by atoms with van der Waals surface area (Å²) >= 11 is 1.75. The van der Waals surface area contributed by atoms with E-state index in [-0.39, 0.29) is 11.7 Å². The van der Waals surface area contributed by atoms with Crippen molar-refractivity contribution in [3.05, 3.63) is 95.6 Å². The van der Waals surface area contributed by atoms with Crippen molar-refractivity contribution in [3.63, 3.8) is 0 Å². The van der Waals surface area contributed by atoms with E-state index < -0.39 is 0 Å². The molecule has 40 heavy (non-hydrogen) atoms. The number of hydrogen-bond donors (Lipinski definition) is 1. The van der Waals surface area contributed by atoms with Gasteiger partial charge in [-0.1, -0.05) is 87.7 Å². The van der Waals surface area contributed by atoms with Crippen LogP contribution >= 0.6 is 11.8 Å². The first-order valence-electron chi connectivity index (χ1n) is 14.7. The highest BCUT2D eigenvalue weighted by Crippen LogP contribution is 2.35. The second-order valence-electron chi connectivity index (χ2n) is 10.1. The fraction of sp³-hybridized carbons (Fsp3) is 0.400. The first-order valence-corrected chi connectivity index (χ1v) is 15.8. The van der Waals surface area contributed by atoms with E-state index in [1.807, 2.05) is 30.1 Å². The van der Waals surface area contributed by atoms with Crippen molar-refractivity contribution in [1.29, 1.82) is 0 Å². The lowest BCUT2D eigenvalue weighted by molar-refractivity contribution is -0.127. The van der Waals surface area contributed by atoms with Crippen LogP contribution in [0.4, 0.5) is 0 Å². The van der Waals surface area contributed by atoms with E-state index in [9.17, 15) is 9.90 Å². The predicted molar refractivity (Wildman–Crippen MR) is 171 cm³/mol. The highest BCUT2D eigenvalue weighted by molar-refractivity contribution is 7.99. The van der Waals surface area contributed by atoms with Crippen LogP contribution in [0.25, 0.3) is 11.1 Å². The number of phenolic OH excluding ortho intramolecular Hbond substituents is 1. The summed E-state index contributed by atoms with van der Waals surface area (Å²) in [5, 5.41) is 9.85. The molecule has 0 saturated heterocycles. The zero-order valence-electron chi connectivity index (χ0n) is 24.4. The largest absolute Gasteiger partial charge is 0.508 e. The number of aromatic hydroxyl groups is 1. The van der Waals surface area contributed by atoms with Gasteiger partial charge in [-0.3, -0.25) is 4.79 Å². The summed E-state index contributed by atoms with van der Waals surface area (Å²) in [6, 6.07) is 26.3. The van der Waals surface area contributed by atoms with E-state index in [2.05, 4.69) is 62.4 Å². The van der Waals surface area contributed by atoms with Gasteiger partial charge in [-0.25, -0.2) is 0 Å². The van der Waals surface area contributed by atoms with Crippen LogP contribution in [0.5, 0.6) is 11.5 Å². The lowest BCUT2D eigenvalue weighted by Crippen LogP contribution is -2.29. The van der Waals surface area contributed by atoms with E-state index in [0.29, 0.717) is 12.4 Å². The first-order chi connectivity index (χ1) is 19.5. The molecular formula is C35H45NO3S. The van der Waals surface area contributed by atoms with Crippen LogP contribution in [0.1, 0.15) is 75.5 Å². The molecule has 0 saturated carbocycles. The topological polar surface area (TPSA) is 49.8 Å². The molecule has 5 heteroatoms. The van der Waals surface area contributed by atoms with Gasteiger partial charge in [0.2, 0.25) is 5.91 Å². The third kappa shape index (κ3) is 10.1. The molecule has 0 atom stereocenters. The maximum absolute atomic E-state index is 12.1. The molecule has 0 aliphatic carbocycles. The number of amides is 1. The molecule has 3 aromatic carbocycles. The number of allylic oxidation sites excluding steroid dienone is 1. The van der Waals surface area contributed by atoms with Gasteiger partial charge in [0.1, 0.15) is 11.5 Å². The Balaban J connectivity index is 1.48. The van der Waals surface area contributed by atoms with Gasteiger partial charge in [0, 0.05) is 13.6 Å². The number of carbonyl (C=O) groups excluding carboxylic acids is 1. The molecule has 214 valence electrons. The summed E-state index contributed by atoms with van der Waals surface area (Å²) in [4.78, 5) is 13.9. The number of rotatable bonds is 17. The van der Waals surface area contributed by atoms with Crippen molar-refractivity contribution in [1.82, 2.24) is 4.90 Å². The zero-order valence-corrected chi connectivity index (χ0v) is 25.2. The number of ether oxygens (including phenoxy) is 1. The number of thioether (sulfide) groups is 1. The Morgan fingerprint density at radius 1 is 0.800 bits per heavy atom. The molecular weight excluding hydrogens is 514 g/mol. The smallest absolute Gasteiger partial charge is 0.232 e. The molecule has 0 spiro atoms. The van der Waals surface area contributed by atoms with Crippen molar-refractivity contribution in [2.75, 3.05) is 31.7 Å². The van der Waals surface area contributed by atoms with Gasteiger partial charge in [0.15, 0.2) is 0 Å². The average Bonchev–Trinajstić information content (AvgIpc) is 2.99. The molecule has 4 nitrogen and oxygen atoms in total. The summed E-state index contributed by atoms with van der Waals surface area (Å²) in [6.45, 7) is 5.91. The molecule has 1 amide bonds. The molecule has 0 bridgehead atoms. The summed E-state index contributed by atoms with van der Waals surface area (Å²) < 4.78 is 6.05. The minimum absolute atomic E-state index is 0.245. The van der Waals surface area contributed by atoms with E-state index in [1.165, 1.54) is 16.7 Å². The second-order valence-corrected chi connectivity index (χ2v) is 11.2. The molecule has 0 unspecified atom stereocenters. The van der Waals surface area contributed by atoms with E-state index in [0.717, 1.165) is 74.1 Å². The monoisotopic (exact) mass is 559 g/mol. The lowest BCUT2D eigenvalue weighted by Gasteiger charge is -2.17. The highest BCUT2D eigenvalue weighted by atomic mass is 32.2. The van der Waals surface area contributed by atoms with Gasteiger partial charge in [0.25, 0.3) is 0 Å². The SMILES string of the molecule is CCCCN(C)C(=O)CSCCCCCCOc1ccc(C(=C(CC)c2ccccc2)c2ccc(O)cc2)cc1. The van der Waals surface area contributed by atoms with Gasteiger partial charge < -0.3 is 14.7 Å². The van der Waals surface area contributed by atoms with Crippen molar-refractivity contribution < 1.29 is 14.6 Å². The van der Waals surface area contributed by atoms with Crippen molar-refractivity contribution in [3.8, 4) is 11.5 Å². The molecule has 3 rings (SSSR count). The number of unbranched alkanes of at least 4 members (excludes halogenated alkanes) is 4. The maximum atomic E-state index is 12.1. The zero-order chi connectivity index (χ0) is 28.6. The normalized spacial score (nSPS) is 11.7. The molecule has 0 aliphatic heterocycles. The van der Waals surface area contributed by atoms with Gasteiger partial charge in [-0.2, -0.15) is 11.8 Å². The summed E-state index contributed by atoms with van der Waals surface area (Å²) in [5.74, 6) is 3.02. The van der Waals surface area contributed by atoms with E-state index in [4.69, 9.17) is 4.74 Å². The maximum Gasteiger partial charge on any atom is 0.232 e. The average molecular weight is 560 g/mol. The van der Waals surface area contributed by atoms with Crippen LogP contribution in [0, 0.1) is 0 Å². The van der Waals surface area contributed by atoms with Gasteiger partial charge >= 0.3 is 0 Å². The minimum Gasteiger partial charge on any atom is -0.508 e. The van der Waals surface area contributed by atoms with Crippen molar-refractivity contribution in [2.45, 2.75) is 58.8 Å². The summed E-state index contributed by atoms with van der Waals surface area (Å²) in [5.41, 5.74) is 5.86. The van der Waals surface area contributed by atoms with E-state index in [1.54, 1.807) is 23.9 Å². The lowest BCUT2D eigenvalue weighted by atomic mass is 9.88. The van der Waals surface area contributed by atoms with Crippen LogP contribution in [-0.2, 0) is 4.79 Å². The fourth-order valence-electron chi connectivity index (χ4n) is 4.67. The Morgan fingerprint density at radius 3 is 2.10 bits per heavy atom. The predicted octanol–water partition coefficient (Wildman–Crippen LogP) is 8.69. The number of phenols is 1. The Bertz CT molecular complexity index is 1170. The van der Waals surface area contributed by atoms with Crippen LogP contribution in [-0.4, -0.2) is 47.6 Å². The fourth-order valence-corrected chi connectivity index (χ4v) is 5.61. The van der Waals surface area contributed by atoms with E-state index >= 15 is 0 Å². The molecule has 0 fully saturated rings. The van der Waals surface area contributed by atoms with Gasteiger partial charge in [-0.15, -0.1) is 0 Å². The van der Waals surface area contributed by atoms with Crippen LogP contribution in [0.15, 0.2) is 78.9 Å². The Labute approximate surface area is 245 Å². The molecule has 0 heterocycles. The summed E-state index contributed by atoms with van der Waals surface area (Å²) in [7, 11) is 1.91. The summed E-state index contributed by atoms with van der Waals surface area (Å²) in [6.07, 6.45) is 7.54. The third-order valence-electron chi connectivity index (χ3n) is 7.03. The van der Waals surface area contributed by atoms with Crippen molar-refractivity contribution >= 4 is 28.8 Å². The Kier molecular flexibility index (Phi) is 13.7. The molecule has 0 radical (unpaired) electrons.